The number of aryl methyl sites for hydroxylation is 1. The average Bonchev–Trinajstić information content (AvgIpc) is 2.87. The number of thiophene rings is 1. The van der Waals surface area contributed by atoms with Gasteiger partial charge in [0.2, 0.25) is 11.8 Å². The second-order valence-electron chi connectivity index (χ2n) is 4.01. The van der Waals surface area contributed by atoms with Crippen molar-refractivity contribution in [2.45, 2.75) is 26.4 Å². The predicted octanol–water partition coefficient (Wildman–Crippen LogP) is 3.40. The van der Waals surface area contributed by atoms with Crippen molar-refractivity contribution < 1.29 is 4.42 Å². The van der Waals surface area contributed by atoms with E-state index in [2.05, 4.69) is 56.4 Å². The maximum absolute atomic E-state index is 5.44. The van der Waals surface area contributed by atoms with Crippen molar-refractivity contribution in [3.8, 4) is 0 Å². The number of nitrogens with zero attached hydrogens (tertiary/aromatic N) is 3. The number of aromatic nitrogens is 2. The fraction of sp³-hybridized carbons (Fsp3) is 0.455. The van der Waals surface area contributed by atoms with Gasteiger partial charge in [-0.2, -0.15) is 0 Å². The van der Waals surface area contributed by atoms with Crippen molar-refractivity contribution in [3.05, 3.63) is 32.6 Å². The highest BCUT2D eigenvalue weighted by Crippen LogP contribution is 2.24. The van der Waals surface area contributed by atoms with Crippen molar-refractivity contribution >= 4 is 27.3 Å². The molecule has 0 radical (unpaired) electrons. The molecule has 2 heterocycles. The summed E-state index contributed by atoms with van der Waals surface area (Å²) in [6.07, 6.45) is 0. The van der Waals surface area contributed by atoms with E-state index in [0.717, 1.165) is 10.3 Å². The van der Waals surface area contributed by atoms with Crippen LogP contribution >= 0.6 is 27.3 Å². The third-order valence-electron chi connectivity index (χ3n) is 2.61. The average molecular weight is 316 g/mol. The van der Waals surface area contributed by atoms with Gasteiger partial charge in [0.1, 0.15) is 0 Å². The van der Waals surface area contributed by atoms with Crippen molar-refractivity contribution in [1.29, 1.82) is 0 Å². The lowest BCUT2D eigenvalue weighted by Gasteiger charge is -2.20. The smallest absolute Gasteiger partial charge is 0.233 e. The molecule has 0 aliphatic rings. The second kappa shape index (κ2) is 5.29. The molecule has 0 saturated heterocycles. The first-order chi connectivity index (χ1) is 8.06. The molecular weight excluding hydrogens is 302 g/mol. The first-order valence-corrected chi connectivity index (χ1v) is 6.96. The molecule has 0 aliphatic carbocycles. The van der Waals surface area contributed by atoms with Gasteiger partial charge in [0.05, 0.1) is 9.83 Å². The highest BCUT2D eigenvalue weighted by molar-refractivity contribution is 9.11. The van der Waals surface area contributed by atoms with Crippen LogP contribution in [0.2, 0.25) is 0 Å². The van der Waals surface area contributed by atoms with Crippen LogP contribution in [0.4, 0.5) is 0 Å². The molecule has 92 valence electrons. The summed E-state index contributed by atoms with van der Waals surface area (Å²) in [5.74, 6) is 1.28. The molecule has 2 aromatic heterocycles. The minimum atomic E-state index is 0.120. The van der Waals surface area contributed by atoms with Gasteiger partial charge in [-0.25, -0.2) is 0 Å². The molecule has 0 N–H and O–H groups in total. The van der Waals surface area contributed by atoms with Crippen LogP contribution in [0.3, 0.4) is 0 Å². The van der Waals surface area contributed by atoms with Gasteiger partial charge in [-0.15, -0.1) is 21.5 Å². The molecule has 2 rings (SSSR count). The number of hydrogen-bond acceptors (Lipinski definition) is 5. The lowest BCUT2D eigenvalue weighted by atomic mass is 10.2. The minimum Gasteiger partial charge on any atom is -0.424 e. The Morgan fingerprint density at radius 3 is 2.82 bits per heavy atom. The summed E-state index contributed by atoms with van der Waals surface area (Å²) >= 11 is 5.16. The Kier molecular flexibility index (Phi) is 3.96. The van der Waals surface area contributed by atoms with E-state index in [-0.39, 0.29) is 6.04 Å². The summed E-state index contributed by atoms with van der Waals surface area (Å²) in [4.78, 5) is 2.18. The van der Waals surface area contributed by atoms with E-state index in [9.17, 15) is 0 Å². The molecule has 0 unspecified atom stereocenters. The Morgan fingerprint density at radius 2 is 2.29 bits per heavy atom. The van der Waals surface area contributed by atoms with Crippen LogP contribution in [-0.2, 0) is 6.54 Å². The maximum Gasteiger partial charge on any atom is 0.233 e. The molecule has 1 atom stereocenters. The molecule has 0 saturated carbocycles. The zero-order valence-electron chi connectivity index (χ0n) is 9.98. The summed E-state index contributed by atoms with van der Waals surface area (Å²) in [5, 5.41) is 10.0. The normalized spacial score (nSPS) is 13.2. The van der Waals surface area contributed by atoms with Gasteiger partial charge in [-0.05, 0) is 46.9 Å². The first-order valence-electron chi connectivity index (χ1n) is 5.29. The molecule has 0 fully saturated rings. The van der Waals surface area contributed by atoms with E-state index in [1.807, 2.05) is 0 Å². The standard InChI is InChI=1S/C11H14BrN3OS/c1-7(11-14-13-8(2)16-11)15(3)5-9-4-10(12)17-6-9/h4,6-7H,5H2,1-3H3/t7-/m1/s1. The molecule has 0 spiro atoms. The van der Waals surface area contributed by atoms with Crippen LogP contribution in [-0.4, -0.2) is 22.1 Å². The summed E-state index contributed by atoms with van der Waals surface area (Å²) < 4.78 is 6.59. The number of halogens is 1. The molecule has 4 nitrogen and oxygen atoms in total. The van der Waals surface area contributed by atoms with Gasteiger partial charge >= 0.3 is 0 Å². The van der Waals surface area contributed by atoms with Crippen LogP contribution in [0.1, 0.15) is 30.3 Å². The zero-order valence-corrected chi connectivity index (χ0v) is 12.4. The number of hydrogen-bond donors (Lipinski definition) is 0. The molecule has 0 bridgehead atoms. The fourth-order valence-corrected chi connectivity index (χ4v) is 2.72. The Labute approximate surface area is 113 Å². The SMILES string of the molecule is Cc1nnc([C@@H](C)N(C)Cc2csc(Br)c2)o1. The van der Waals surface area contributed by atoms with Crippen molar-refractivity contribution in [1.82, 2.24) is 15.1 Å². The van der Waals surface area contributed by atoms with Gasteiger partial charge < -0.3 is 4.42 Å². The monoisotopic (exact) mass is 315 g/mol. The van der Waals surface area contributed by atoms with E-state index in [1.165, 1.54) is 5.56 Å². The highest BCUT2D eigenvalue weighted by atomic mass is 79.9. The maximum atomic E-state index is 5.44. The zero-order chi connectivity index (χ0) is 12.4. The Bertz CT molecular complexity index is 496. The Morgan fingerprint density at radius 1 is 1.53 bits per heavy atom. The topological polar surface area (TPSA) is 42.2 Å². The van der Waals surface area contributed by atoms with Crippen LogP contribution in [0, 0.1) is 6.92 Å². The van der Waals surface area contributed by atoms with Crippen LogP contribution in [0.25, 0.3) is 0 Å². The molecule has 0 amide bonds. The lowest BCUT2D eigenvalue weighted by molar-refractivity contribution is 0.215. The quantitative estimate of drug-likeness (QED) is 0.867. The van der Waals surface area contributed by atoms with E-state index < -0.39 is 0 Å². The third kappa shape index (κ3) is 3.14. The first kappa shape index (κ1) is 12.7. The Hall–Kier alpha value is -0.720. The highest BCUT2D eigenvalue weighted by Gasteiger charge is 2.17. The molecule has 2 aromatic rings. The summed E-state index contributed by atoms with van der Waals surface area (Å²) in [7, 11) is 2.05. The van der Waals surface area contributed by atoms with Crippen LogP contribution in [0.5, 0.6) is 0 Å². The van der Waals surface area contributed by atoms with Gasteiger partial charge in [0.25, 0.3) is 0 Å². The van der Waals surface area contributed by atoms with E-state index in [0.29, 0.717) is 11.8 Å². The second-order valence-corrected chi connectivity index (χ2v) is 6.30. The third-order valence-corrected chi connectivity index (χ3v) is 4.17. The van der Waals surface area contributed by atoms with Crippen LogP contribution in [0.15, 0.2) is 19.6 Å². The van der Waals surface area contributed by atoms with Crippen LogP contribution < -0.4 is 0 Å². The fourth-order valence-electron chi connectivity index (χ4n) is 1.52. The van der Waals surface area contributed by atoms with E-state index in [1.54, 1.807) is 18.3 Å². The largest absolute Gasteiger partial charge is 0.424 e. The van der Waals surface area contributed by atoms with Crippen molar-refractivity contribution in [3.63, 3.8) is 0 Å². The van der Waals surface area contributed by atoms with Gasteiger partial charge in [-0.1, -0.05) is 0 Å². The Balaban J connectivity index is 2.02. The van der Waals surface area contributed by atoms with Crippen molar-refractivity contribution in [2.75, 3.05) is 7.05 Å². The molecule has 0 aromatic carbocycles. The summed E-state index contributed by atoms with van der Waals surface area (Å²) in [6, 6.07) is 2.25. The minimum absolute atomic E-state index is 0.120. The van der Waals surface area contributed by atoms with Crippen molar-refractivity contribution in [2.24, 2.45) is 0 Å². The molecule has 0 aliphatic heterocycles. The number of rotatable bonds is 4. The summed E-state index contributed by atoms with van der Waals surface area (Å²) in [6.45, 7) is 4.73. The van der Waals surface area contributed by atoms with E-state index >= 15 is 0 Å². The molecule has 6 heteroatoms. The van der Waals surface area contributed by atoms with Gasteiger partial charge in [0, 0.05) is 13.5 Å². The molecular formula is C11H14BrN3OS. The summed E-state index contributed by atoms with van der Waals surface area (Å²) in [5.41, 5.74) is 1.28. The lowest BCUT2D eigenvalue weighted by Crippen LogP contribution is -2.21. The molecule has 17 heavy (non-hydrogen) atoms. The van der Waals surface area contributed by atoms with E-state index in [4.69, 9.17) is 4.42 Å². The van der Waals surface area contributed by atoms with Gasteiger partial charge in [-0.3, -0.25) is 4.90 Å². The van der Waals surface area contributed by atoms with Gasteiger partial charge in [0.15, 0.2) is 0 Å². The predicted molar refractivity (Wildman–Crippen MR) is 70.9 cm³/mol.